The molecule has 0 saturated carbocycles. The molecule has 3 nitrogen and oxygen atoms in total. The van der Waals surface area contributed by atoms with Crippen LogP contribution in [0.5, 0.6) is 0 Å². The number of carbonyl (C=O) groups is 1. The van der Waals surface area contributed by atoms with Crippen LogP contribution in [0.4, 0.5) is 13.2 Å². The number of carboxylic acids is 1. The number of rotatable bonds is 1. The average molecular weight is 294 g/mol. The maximum absolute atomic E-state index is 12.5. The first kappa shape index (κ1) is 12.5. The predicted octanol–water partition coefficient (Wildman–Crippen LogP) is 3.04. The Kier molecular flexibility index (Phi) is 3.24. The van der Waals surface area contributed by atoms with Crippen LogP contribution >= 0.6 is 15.9 Å². The fraction of sp³-hybridized carbons (Fsp3) is 0.111. The van der Waals surface area contributed by atoms with E-state index in [1.165, 1.54) is 6.07 Å². The van der Waals surface area contributed by atoms with Gasteiger partial charge in [-0.15, -0.1) is 0 Å². The molecule has 1 rings (SSSR count). The van der Waals surface area contributed by atoms with Gasteiger partial charge in [0.05, 0.1) is 16.7 Å². The van der Waals surface area contributed by atoms with Gasteiger partial charge in [-0.25, -0.2) is 4.79 Å². The van der Waals surface area contributed by atoms with E-state index in [0.717, 1.165) is 6.07 Å². The lowest BCUT2D eigenvalue weighted by molar-refractivity contribution is -0.138. The highest BCUT2D eigenvalue weighted by molar-refractivity contribution is 9.10. The van der Waals surface area contributed by atoms with E-state index in [-0.39, 0.29) is 4.47 Å². The van der Waals surface area contributed by atoms with E-state index in [1.54, 1.807) is 0 Å². The van der Waals surface area contributed by atoms with Crippen molar-refractivity contribution in [3.8, 4) is 6.07 Å². The van der Waals surface area contributed by atoms with Crippen LogP contribution in [-0.4, -0.2) is 11.1 Å². The summed E-state index contributed by atoms with van der Waals surface area (Å²) in [6.45, 7) is 0. The lowest BCUT2D eigenvalue weighted by Gasteiger charge is -2.11. The highest BCUT2D eigenvalue weighted by Crippen LogP contribution is 2.35. The van der Waals surface area contributed by atoms with Crippen molar-refractivity contribution in [2.24, 2.45) is 0 Å². The van der Waals surface area contributed by atoms with Crippen molar-refractivity contribution in [3.63, 3.8) is 0 Å². The van der Waals surface area contributed by atoms with Gasteiger partial charge in [0.25, 0.3) is 0 Å². The Hall–Kier alpha value is -1.55. The summed E-state index contributed by atoms with van der Waals surface area (Å²) in [5.74, 6) is -1.79. The van der Waals surface area contributed by atoms with Crippen LogP contribution in [-0.2, 0) is 6.18 Å². The summed E-state index contributed by atoms with van der Waals surface area (Å²) in [6.07, 6.45) is -4.81. The highest BCUT2D eigenvalue weighted by atomic mass is 79.9. The largest absolute Gasteiger partial charge is 0.478 e. The first-order chi connectivity index (χ1) is 7.29. The second kappa shape index (κ2) is 4.14. The molecule has 0 radical (unpaired) electrons. The molecule has 0 fully saturated rings. The molecular formula is C9H3BrF3NO2. The Morgan fingerprint density at radius 2 is 2.00 bits per heavy atom. The summed E-state index contributed by atoms with van der Waals surface area (Å²) < 4.78 is 37.4. The van der Waals surface area contributed by atoms with E-state index in [4.69, 9.17) is 10.4 Å². The van der Waals surface area contributed by atoms with Crippen molar-refractivity contribution in [2.45, 2.75) is 6.18 Å². The van der Waals surface area contributed by atoms with Crippen molar-refractivity contribution in [2.75, 3.05) is 0 Å². The smallest absolute Gasteiger partial charge is 0.417 e. The van der Waals surface area contributed by atoms with Gasteiger partial charge in [0, 0.05) is 4.47 Å². The maximum Gasteiger partial charge on any atom is 0.417 e. The standard InChI is InChI=1S/C9H3BrF3NO2/c10-6-2-1-5(9(11,12)13)7(8(15)16)4(6)3-14/h1-2H,(H,15,16). The van der Waals surface area contributed by atoms with Crippen LogP contribution in [0.1, 0.15) is 21.5 Å². The molecule has 16 heavy (non-hydrogen) atoms. The van der Waals surface area contributed by atoms with Gasteiger partial charge in [0.15, 0.2) is 0 Å². The van der Waals surface area contributed by atoms with Gasteiger partial charge in [0.1, 0.15) is 6.07 Å². The van der Waals surface area contributed by atoms with Crippen molar-refractivity contribution < 1.29 is 23.1 Å². The summed E-state index contributed by atoms with van der Waals surface area (Å²) in [7, 11) is 0. The zero-order valence-corrected chi connectivity index (χ0v) is 9.06. The van der Waals surface area contributed by atoms with E-state index in [2.05, 4.69) is 15.9 Å². The third-order valence-corrected chi connectivity index (χ3v) is 2.45. The first-order valence-corrected chi connectivity index (χ1v) is 4.61. The number of benzene rings is 1. The topological polar surface area (TPSA) is 61.1 Å². The highest BCUT2D eigenvalue weighted by Gasteiger charge is 2.37. The summed E-state index contributed by atoms with van der Waals surface area (Å²) in [6, 6.07) is 3.04. The van der Waals surface area contributed by atoms with Gasteiger partial charge in [-0.1, -0.05) is 0 Å². The zero-order valence-electron chi connectivity index (χ0n) is 7.47. The number of carboxylic acid groups (broad SMARTS) is 1. The maximum atomic E-state index is 12.5. The lowest BCUT2D eigenvalue weighted by Crippen LogP contribution is -2.14. The minimum absolute atomic E-state index is 0.0143. The molecule has 0 spiro atoms. The molecule has 0 aliphatic heterocycles. The summed E-state index contributed by atoms with van der Waals surface area (Å²) in [5, 5.41) is 17.3. The van der Waals surface area contributed by atoms with Crippen LogP contribution in [0.3, 0.4) is 0 Å². The van der Waals surface area contributed by atoms with Crippen LogP contribution < -0.4 is 0 Å². The summed E-state index contributed by atoms with van der Waals surface area (Å²) in [4.78, 5) is 10.7. The van der Waals surface area contributed by atoms with Gasteiger partial charge in [0.2, 0.25) is 0 Å². The third kappa shape index (κ3) is 2.17. The minimum Gasteiger partial charge on any atom is -0.478 e. The lowest BCUT2D eigenvalue weighted by atomic mass is 10.0. The van der Waals surface area contributed by atoms with Crippen molar-refractivity contribution in [1.82, 2.24) is 0 Å². The molecule has 84 valence electrons. The number of nitrogens with zero attached hydrogens (tertiary/aromatic N) is 1. The monoisotopic (exact) mass is 293 g/mol. The zero-order chi connectivity index (χ0) is 12.5. The number of nitriles is 1. The Labute approximate surface area is 96.2 Å². The molecular weight excluding hydrogens is 291 g/mol. The number of aromatic carboxylic acids is 1. The van der Waals surface area contributed by atoms with Gasteiger partial charge >= 0.3 is 12.1 Å². The molecule has 0 atom stereocenters. The van der Waals surface area contributed by atoms with Gasteiger partial charge in [-0.3, -0.25) is 0 Å². The van der Waals surface area contributed by atoms with E-state index in [1.807, 2.05) is 0 Å². The molecule has 0 amide bonds. The second-order valence-electron chi connectivity index (χ2n) is 2.76. The van der Waals surface area contributed by atoms with Gasteiger partial charge in [-0.2, -0.15) is 18.4 Å². The average Bonchev–Trinajstić information content (AvgIpc) is 2.14. The van der Waals surface area contributed by atoms with Crippen LogP contribution in [0, 0.1) is 11.3 Å². The van der Waals surface area contributed by atoms with E-state index < -0.39 is 28.8 Å². The molecule has 1 N–H and O–H groups in total. The van der Waals surface area contributed by atoms with Crippen molar-refractivity contribution in [1.29, 1.82) is 5.26 Å². The van der Waals surface area contributed by atoms with Crippen molar-refractivity contribution in [3.05, 3.63) is 33.3 Å². The normalized spacial score (nSPS) is 10.9. The fourth-order valence-corrected chi connectivity index (χ4v) is 1.56. The Bertz CT molecular complexity index is 491. The first-order valence-electron chi connectivity index (χ1n) is 3.82. The minimum atomic E-state index is -4.81. The SMILES string of the molecule is N#Cc1c(Br)ccc(C(F)(F)F)c1C(=O)O. The van der Waals surface area contributed by atoms with E-state index in [9.17, 15) is 18.0 Å². The number of hydrogen-bond donors (Lipinski definition) is 1. The van der Waals surface area contributed by atoms with E-state index >= 15 is 0 Å². The number of alkyl halides is 3. The Balaban J connectivity index is 3.67. The molecule has 0 aliphatic rings. The summed E-state index contributed by atoms with van der Waals surface area (Å²) >= 11 is 2.82. The molecule has 0 bridgehead atoms. The second-order valence-corrected chi connectivity index (χ2v) is 3.61. The Morgan fingerprint density at radius 1 is 1.44 bits per heavy atom. The van der Waals surface area contributed by atoms with Crippen LogP contribution in [0.25, 0.3) is 0 Å². The quantitative estimate of drug-likeness (QED) is 0.866. The Morgan fingerprint density at radius 3 is 2.38 bits per heavy atom. The molecule has 7 heteroatoms. The molecule has 0 heterocycles. The molecule has 0 aliphatic carbocycles. The fourth-order valence-electron chi connectivity index (χ4n) is 1.14. The molecule has 1 aromatic rings. The van der Waals surface area contributed by atoms with Crippen molar-refractivity contribution >= 4 is 21.9 Å². The number of halogens is 4. The molecule has 0 saturated heterocycles. The predicted molar refractivity (Wildman–Crippen MR) is 50.8 cm³/mol. The summed E-state index contributed by atoms with van der Waals surface area (Å²) in [5.41, 5.74) is -2.91. The van der Waals surface area contributed by atoms with E-state index in [0.29, 0.717) is 6.07 Å². The van der Waals surface area contributed by atoms with Gasteiger partial charge < -0.3 is 5.11 Å². The van der Waals surface area contributed by atoms with Gasteiger partial charge in [-0.05, 0) is 28.1 Å². The third-order valence-electron chi connectivity index (χ3n) is 1.79. The number of hydrogen-bond acceptors (Lipinski definition) is 2. The van der Waals surface area contributed by atoms with Crippen LogP contribution in [0.15, 0.2) is 16.6 Å². The molecule has 0 unspecified atom stereocenters. The van der Waals surface area contributed by atoms with Crippen LogP contribution in [0.2, 0.25) is 0 Å². The molecule has 1 aromatic carbocycles. The molecule has 0 aromatic heterocycles.